The Kier molecular flexibility index (Phi) is 8.95. The maximum absolute atomic E-state index is 11.6. The Hall–Kier alpha value is -1.30. The van der Waals surface area contributed by atoms with Gasteiger partial charge in [0.2, 0.25) is 5.91 Å². The van der Waals surface area contributed by atoms with Gasteiger partial charge < -0.3 is 20.7 Å². The van der Waals surface area contributed by atoms with Crippen molar-refractivity contribution in [1.29, 1.82) is 0 Å². The number of aliphatic imine (C=N–C) groups is 1. The van der Waals surface area contributed by atoms with Gasteiger partial charge in [-0.05, 0) is 32.6 Å². The van der Waals surface area contributed by atoms with E-state index in [-0.39, 0.29) is 11.8 Å². The van der Waals surface area contributed by atoms with E-state index in [0.717, 1.165) is 25.3 Å². The molecule has 2 rings (SSSR count). The fourth-order valence-electron chi connectivity index (χ4n) is 2.98. The van der Waals surface area contributed by atoms with Crippen LogP contribution in [0.4, 0.5) is 0 Å². The molecule has 138 valence electrons. The van der Waals surface area contributed by atoms with Crippen molar-refractivity contribution >= 4 is 11.9 Å². The molecular weight excluding hydrogens is 304 g/mol. The molecule has 0 aromatic rings. The molecule has 0 radical (unpaired) electrons. The van der Waals surface area contributed by atoms with Crippen LogP contribution < -0.4 is 16.0 Å². The Bertz CT molecular complexity index is 388. The van der Waals surface area contributed by atoms with Gasteiger partial charge in [-0.3, -0.25) is 9.79 Å². The summed E-state index contributed by atoms with van der Waals surface area (Å²) in [6, 6.07) is 0. The summed E-state index contributed by atoms with van der Waals surface area (Å²) < 4.78 is 5.96. The Morgan fingerprint density at radius 2 is 1.71 bits per heavy atom. The van der Waals surface area contributed by atoms with Gasteiger partial charge in [-0.1, -0.05) is 25.7 Å². The second-order valence-electron chi connectivity index (χ2n) is 6.74. The Balaban J connectivity index is 1.57. The van der Waals surface area contributed by atoms with E-state index in [0.29, 0.717) is 32.3 Å². The largest absolute Gasteiger partial charge is 0.376 e. The summed E-state index contributed by atoms with van der Waals surface area (Å²) in [5.41, 5.74) is 0. The lowest BCUT2D eigenvalue weighted by atomic mass is 10.1. The molecule has 0 aliphatic heterocycles. The van der Waals surface area contributed by atoms with Crippen molar-refractivity contribution in [3.05, 3.63) is 0 Å². The molecule has 6 heteroatoms. The summed E-state index contributed by atoms with van der Waals surface area (Å²) in [7, 11) is 0. The van der Waals surface area contributed by atoms with Crippen molar-refractivity contribution in [2.45, 2.75) is 64.4 Å². The SMILES string of the molecule is CCNC(=NCCOC1CCCCCC1)NCCNC(=O)C1CC1. The van der Waals surface area contributed by atoms with E-state index in [1.54, 1.807) is 0 Å². The standard InChI is InChI=1S/C18H34N4O2/c1-2-19-18(21-12-11-20-17(23)15-9-10-15)22-13-14-24-16-7-5-3-4-6-8-16/h15-16H,2-14H2,1H3,(H,20,23)(H2,19,21,22). The first-order valence-corrected chi connectivity index (χ1v) is 9.71. The molecule has 6 nitrogen and oxygen atoms in total. The molecule has 0 saturated heterocycles. The maximum atomic E-state index is 11.6. The highest BCUT2D eigenvalue weighted by Crippen LogP contribution is 2.28. The molecule has 2 fully saturated rings. The molecule has 0 heterocycles. The summed E-state index contributed by atoms with van der Waals surface area (Å²) in [4.78, 5) is 16.1. The van der Waals surface area contributed by atoms with Crippen molar-refractivity contribution in [3.63, 3.8) is 0 Å². The van der Waals surface area contributed by atoms with Gasteiger partial charge in [-0.25, -0.2) is 0 Å². The highest BCUT2D eigenvalue weighted by atomic mass is 16.5. The predicted molar refractivity (Wildman–Crippen MR) is 97.2 cm³/mol. The molecule has 0 spiro atoms. The lowest BCUT2D eigenvalue weighted by Gasteiger charge is -2.15. The molecule has 3 N–H and O–H groups in total. The summed E-state index contributed by atoms with van der Waals surface area (Å²) in [5.74, 6) is 1.26. The maximum Gasteiger partial charge on any atom is 0.223 e. The van der Waals surface area contributed by atoms with Gasteiger partial charge in [0.15, 0.2) is 5.96 Å². The van der Waals surface area contributed by atoms with Crippen LogP contribution in [-0.2, 0) is 9.53 Å². The summed E-state index contributed by atoms with van der Waals surface area (Å²) in [6.45, 7) is 5.55. The first-order valence-electron chi connectivity index (χ1n) is 9.71. The molecule has 0 unspecified atom stereocenters. The van der Waals surface area contributed by atoms with E-state index in [9.17, 15) is 4.79 Å². The zero-order valence-corrected chi connectivity index (χ0v) is 15.1. The van der Waals surface area contributed by atoms with Gasteiger partial charge in [0.25, 0.3) is 0 Å². The van der Waals surface area contributed by atoms with E-state index in [4.69, 9.17) is 4.74 Å². The molecule has 24 heavy (non-hydrogen) atoms. The Labute approximate surface area is 146 Å². The average molecular weight is 338 g/mol. The molecular formula is C18H34N4O2. The van der Waals surface area contributed by atoms with Crippen molar-refractivity contribution in [2.24, 2.45) is 10.9 Å². The fraction of sp³-hybridized carbons (Fsp3) is 0.889. The van der Waals surface area contributed by atoms with Crippen LogP contribution in [0.25, 0.3) is 0 Å². The van der Waals surface area contributed by atoms with Crippen LogP contribution in [0.15, 0.2) is 4.99 Å². The minimum atomic E-state index is 0.190. The number of rotatable bonds is 9. The lowest BCUT2D eigenvalue weighted by Crippen LogP contribution is -2.42. The summed E-state index contributed by atoms with van der Waals surface area (Å²) in [5, 5.41) is 9.43. The zero-order chi connectivity index (χ0) is 17.0. The number of guanidine groups is 1. The van der Waals surface area contributed by atoms with Gasteiger partial charge in [0.1, 0.15) is 0 Å². The van der Waals surface area contributed by atoms with Crippen molar-refractivity contribution in [3.8, 4) is 0 Å². The molecule has 0 atom stereocenters. The van der Waals surface area contributed by atoms with Crippen LogP contribution in [-0.4, -0.2) is 50.8 Å². The number of ether oxygens (including phenoxy) is 1. The number of nitrogens with one attached hydrogen (secondary N) is 3. The second-order valence-corrected chi connectivity index (χ2v) is 6.74. The molecule has 0 aromatic heterocycles. The molecule has 2 aliphatic carbocycles. The van der Waals surface area contributed by atoms with Crippen LogP contribution in [0.1, 0.15) is 58.3 Å². The van der Waals surface area contributed by atoms with Gasteiger partial charge in [-0.2, -0.15) is 0 Å². The van der Waals surface area contributed by atoms with Crippen LogP contribution in [0.2, 0.25) is 0 Å². The van der Waals surface area contributed by atoms with Gasteiger partial charge >= 0.3 is 0 Å². The average Bonchev–Trinajstić information content (AvgIpc) is 3.42. The number of amides is 1. The summed E-state index contributed by atoms with van der Waals surface area (Å²) in [6.07, 6.45) is 10.2. The van der Waals surface area contributed by atoms with Gasteiger partial charge in [0.05, 0.1) is 19.3 Å². The highest BCUT2D eigenvalue weighted by molar-refractivity contribution is 5.81. The third-order valence-corrected chi connectivity index (χ3v) is 4.53. The van der Waals surface area contributed by atoms with E-state index in [2.05, 4.69) is 20.9 Å². The van der Waals surface area contributed by atoms with Crippen LogP contribution >= 0.6 is 0 Å². The minimum Gasteiger partial charge on any atom is -0.376 e. The van der Waals surface area contributed by atoms with Crippen LogP contribution in [0.3, 0.4) is 0 Å². The van der Waals surface area contributed by atoms with Gasteiger partial charge in [0, 0.05) is 25.6 Å². The van der Waals surface area contributed by atoms with Crippen molar-refractivity contribution in [2.75, 3.05) is 32.8 Å². The topological polar surface area (TPSA) is 74.8 Å². The van der Waals surface area contributed by atoms with Crippen molar-refractivity contribution in [1.82, 2.24) is 16.0 Å². The molecule has 2 aliphatic rings. The number of carbonyl (C=O) groups is 1. The zero-order valence-electron chi connectivity index (χ0n) is 15.1. The predicted octanol–water partition coefficient (Wildman–Crippen LogP) is 1.81. The minimum absolute atomic E-state index is 0.190. The van der Waals surface area contributed by atoms with E-state index in [1.165, 1.54) is 38.5 Å². The van der Waals surface area contributed by atoms with E-state index < -0.39 is 0 Å². The third kappa shape index (κ3) is 7.99. The third-order valence-electron chi connectivity index (χ3n) is 4.53. The number of nitrogens with zero attached hydrogens (tertiary/aromatic N) is 1. The number of carbonyl (C=O) groups excluding carboxylic acids is 1. The van der Waals surface area contributed by atoms with E-state index >= 15 is 0 Å². The molecule has 1 amide bonds. The van der Waals surface area contributed by atoms with Crippen LogP contribution in [0, 0.1) is 5.92 Å². The number of hydrogen-bond acceptors (Lipinski definition) is 3. The van der Waals surface area contributed by atoms with Gasteiger partial charge in [-0.15, -0.1) is 0 Å². The molecule has 0 aromatic carbocycles. The monoisotopic (exact) mass is 338 g/mol. The normalized spacial score (nSPS) is 19.6. The quantitative estimate of drug-likeness (QED) is 0.259. The van der Waals surface area contributed by atoms with Crippen LogP contribution in [0.5, 0.6) is 0 Å². The molecule has 2 saturated carbocycles. The second kappa shape index (κ2) is 11.3. The van der Waals surface area contributed by atoms with E-state index in [1.807, 2.05) is 6.92 Å². The molecule has 0 bridgehead atoms. The number of hydrogen-bond donors (Lipinski definition) is 3. The lowest BCUT2D eigenvalue weighted by molar-refractivity contribution is -0.122. The Morgan fingerprint density at radius 1 is 1.00 bits per heavy atom. The van der Waals surface area contributed by atoms with Crippen molar-refractivity contribution < 1.29 is 9.53 Å². The first-order chi connectivity index (χ1) is 11.8. The highest BCUT2D eigenvalue weighted by Gasteiger charge is 2.28. The first kappa shape index (κ1) is 19.0. The summed E-state index contributed by atoms with van der Waals surface area (Å²) >= 11 is 0. The fourth-order valence-corrected chi connectivity index (χ4v) is 2.98. The smallest absolute Gasteiger partial charge is 0.223 e. The Morgan fingerprint density at radius 3 is 2.38 bits per heavy atom.